The second-order valence-electron chi connectivity index (χ2n) is 3.40. The average Bonchev–Trinajstić information content (AvgIpc) is 2.17. The number of hydrogen-bond acceptors (Lipinski definition) is 2. The number of nitrogens with one attached hydrogen (secondary N) is 1. The molecular weight excluding hydrogens is 314 g/mol. The van der Waals surface area contributed by atoms with Crippen LogP contribution >= 0.6 is 27.5 Å². The highest BCUT2D eigenvalue weighted by atomic mass is 79.9. The van der Waals surface area contributed by atoms with E-state index in [1.165, 1.54) is 0 Å². The first-order valence-electron chi connectivity index (χ1n) is 4.76. The summed E-state index contributed by atoms with van der Waals surface area (Å²) in [6.45, 7) is 1.80. The van der Waals surface area contributed by atoms with Crippen molar-refractivity contribution in [3.63, 3.8) is 0 Å². The first-order chi connectivity index (χ1) is 7.44. The van der Waals surface area contributed by atoms with Gasteiger partial charge in [0.1, 0.15) is 0 Å². The molecule has 0 spiro atoms. The summed E-state index contributed by atoms with van der Waals surface area (Å²) >= 11 is 8.74. The van der Waals surface area contributed by atoms with Crippen LogP contribution in [0.4, 0.5) is 0 Å². The highest BCUT2D eigenvalue weighted by Crippen LogP contribution is 2.17. The fourth-order valence-electron chi connectivity index (χ4n) is 1.25. The Morgan fingerprint density at radius 3 is 2.44 bits per heavy atom. The molecule has 0 aliphatic heterocycles. The summed E-state index contributed by atoms with van der Waals surface area (Å²) in [5.74, 6) is 0.0395. The fourth-order valence-corrected chi connectivity index (χ4v) is 3.12. The maximum absolute atomic E-state index is 11.5. The third kappa shape index (κ3) is 4.41. The first-order valence-corrected chi connectivity index (χ1v) is 7.74. The summed E-state index contributed by atoms with van der Waals surface area (Å²) in [6, 6.07) is 7.25. The molecule has 1 aromatic carbocycles. The molecule has 0 radical (unpaired) electrons. The lowest BCUT2D eigenvalue weighted by atomic mass is 10.1. The molecule has 0 saturated heterocycles. The van der Waals surface area contributed by atoms with Gasteiger partial charge in [0.05, 0.1) is 5.75 Å². The van der Waals surface area contributed by atoms with E-state index in [0.29, 0.717) is 0 Å². The quantitative estimate of drug-likeness (QED) is 0.846. The molecule has 16 heavy (non-hydrogen) atoms. The molecule has 1 unspecified atom stereocenters. The second kappa shape index (κ2) is 6.00. The molecule has 1 N–H and O–H groups in total. The zero-order valence-electron chi connectivity index (χ0n) is 8.78. The average molecular weight is 327 g/mol. The predicted octanol–water partition coefficient (Wildman–Crippen LogP) is 2.67. The van der Waals surface area contributed by atoms with E-state index in [0.717, 1.165) is 10.0 Å². The Balaban J connectivity index is 2.72. The van der Waals surface area contributed by atoms with Gasteiger partial charge in [-0.3, -0.25) is 0 Å². The van der Waals surface area contributed by atoms with Crippen LogP contribution in [0.25, 0.3) is 0 Å². The molecule has 0 fully saturated rings. The van der Waals surface area contributed by atoms with E-state index < -0.39 is 10.0 Å². The maximum Gasteiger partial charge on any atom is 0.213 e. The topological polar surface area (TPSA) is 46.2 Å². The number of hydrogen-bond donors (Lipinski definition) is 1. The van der Waals surface area contributed by atoms with E-state index in [9.17, 15) is 8.42 Å². The molecule has 0 aromatic heterocycles. The Morgan fingerprint density at radius 1 is 1.38 bits per heavy atom. The van der Waals surface area contributed by atoms with Crippen LogP contribution in [0, 0.1) is 0 Å². The number of rotatable bonds is 5. The molecule has 0 aliphatic carbocycles. The molecule has 0 bridgehead atoms. The van der Waals surface area contributed by atoms with Crippen molar-refractivity contribution in [3.8, 4) is 0 Å². The van der Waals surface area contributed by atoms with Gasteiger partial charge in [0.25, 0.3) is 0 Å². The molecule has 1 rings (SSSR count). The van der Waals surface area contributed by atoms with Gasteiger partial charge in [0.2, 0.25) is 10.0 Å². The van der Waals surface area contributed by atoms with Gasteiger partial charge in [-0.15, -0.1) is 11.6 Å². The molecule has 0 aliphatic rings. The summed E-state index contributed by atoms with van der Waals surface area (Å²) in [6.07, 6.45) is 0. The van der Waals surface area contributed by atoms with E-state index in [-0.39, 0.29) is 17.7 Å². The molecule has 1 aromatic rings. The van der Waals surface area contributed by atoms with Crippen molar-refractivity contribution >= 4 is 37.6 Å². The highest BCUT2D eigenvalue weighted by molar-refractivity contribution is 9.10. The molecular formula is C10H13BrClNO2S. The van der Waals surface area contributed by atoms with Crippen LogP contribution in [-0.2, 0) is 10.0 Å². The van der Waals surface area contributed by atoms with Gasteiger partial charge in [-0.25, -0.2) is 13.1 Å². The molecule has 3 nitrogen and oxygen atoms in total. The zero-order valence-corrected chi connectivity index (χ0v) is 11.9. The standard InChI is InChI=1S/C10H13BrClNO2S/c1-8(13-16(14,15)7-6-12)9-2-4-10(11)5-3-9/h2-5,8,13H,6-7H2,1H3. The van der Waals surface area contributed by atoms with Crippen molar-refractivity contribution < 1.29 is 8.42 Å². The normalized spacial score (nSPS) is 13.7. The predicted molar refractivity (Wildman–Crippen MR) is 70.2 cm³/mol. The van der Waals surface area contributed by atoms with Crippen LogP contribution < -0.4 is 4.72 Å². The fraction of sp³-hybridized carbons (Fsp3) is 0.400. The lowest BCUT2D eigenvalue weighted by molar-refractivity contribution is 0.568. The number of sulfonamides is 1. The summed E-state index contributed by atoms with van der Waals surface area (Å²) in [4.78, 5) is 0. The van der Waals surface area contributed by atoms with Gasteiger partial charge < -0.3 is 0 Å². The SMILES string of the molecule is CC(NS(=O)(=O)CCCl)c1ccc(Br)cc1. The van der Waals surface area contributed by atoms with Gasteiger partial charge in [0, 0.05) is 16.4 Å². The minimum atomic E-state index is -3.28. The molecule has 90 valence electrons. The summed E-state index contributed by atoms with van der Waals surface area (Å²) in [5.41, 5.74) is 0.918. The third-order valence-electron chi connectivity index (χ3n) is 2.07. The molecule has 0 amide bonds. The summed E-state index contributed by atoms with van der Waals surface area (Å²) in [5, 5.41) is 0. The van der Waals surface area contributed by atoms with Crippen molar-refractivity contribution in [2.45, 2.75) is 13.0 Å². The largest absolute Gasteiger partial charge is 0.213 e. The lowest BCUT2D eigenvalue weighted by Gasteiger charge is -2.14. The number of halogens is 2. The monoisotopic (exact) mass is 325 g/mol. The van der Waals surface area contributed by atoms with Crippen LogP contribution in [0.1, 0.15) is 18.5 Å². The third-order valence-corrected chi connectivity index (χ3v) is 4.47. The van der Waals surface area contributed by atoms with Crippen molar-refractivity contribution in [1.82, 2.24) is 4.72 Å². The van der Waals surface area contributed by atoms with Crippen molar-refractivity contribution in [1.29, 1.82) is 0 Å². The molecule has 1 atom stereocenters. The molecule has 6 heteroatoms. The summed E-state index contributed by atoms with van der Waals surface area (Å²) in [7, 11) is -3.28. The molecule has 0 heterocycles. The van der Waals surface area contributed by atoms with Crippen molar-refractivity contribution in [3.05, 3.63) is 34.3 Å². The molecule has 0 saturated carbocycles. The number of benzene rings is 1. The smallest absolute Gasteiger partial charge is 0.212 e. The second-order valence-corrected chi connectivity index (χ2v) is 6.57. The van der Waals surface area contributed by atoms with Crippen LogP contribution in [-0.4, -0.2) is 20.1 Å². The Kier molecular flexibility index (Phi) is 5.24. The van der Waals surface area contributed by atoms with E-state index in [4.69, 9.17) is 11.6 Å². The highest BCUT2D eigenvalue weighted by Gasteiger charge is 2.14. The number of alkyl halides is 1. The Morgan fingerprint density at radius 2 is 1.94 bits per heavy atom. The van der Waals surface area contributed by atoms with Gasteiger partial charge in [-0.2, -0.15) is 0 Å². The van der Waals surface area contributed by atoms with E-state index >= 15 is 0 Å². The van der Waals surface area contributed by atoms with Gasteiger partial charge in [0.15, 0.2) is 0 Å². The first kappa shape index (κ1) is 14.0. The van der Waals surface area contributed by atoms with Crippen LogP contribution in [0.15, 0.2) is 28.7 Å². The Bertz CT molecular complexity index is 433. The van der Waals surface area contributed by atoms with Crippen molar-refractivity contribution in [2.75, 3.05) is 11.6 Å². The van der Waals surface area contributed by atoms with Gasteiger partial charge in [-0.05, 0) is 24.6 Å². The Labute approximate surface area is 109 Å². The van der Waals surface area contributed by atoms with Crippen LogP contribution in [0.5, 0.6) is 0 Å². The maximum atomic E-state index is 11.5. The lowest BCUT2D eigenvalue weighted by Crippen LogP contribution is -2.29. The zero-order chi connectivity index (χ0) is 12.2. The summed E-state index contributed by atoms with van der Waals surface area (Å²) < 4.78 is 26.5. The minimum Gasteiger partial charge on any atom is -0.212 e. The van der Waals surface area contributed by atoms with Crippen LogP contribution in [0.3, 0.4) is 0 Å². The van der Waals surface area contributed by atoms with E-state index in [1.807, 2.05) is 24.3 Å². The Hall–Kier alpha value is -0.100. The minimum absolute atomic E-state index is 0.0601. The van der Waals surface area contributed by atoms with Gasteiger partial charge >= 0.3 is 0 Å². The van der Waals surface area contributed by atoms with Crippen molar-refractivity contribution in [2.24, 2.45) is 0 Å². The van der Waals surface area contributed by atoms with E-state index in [2.05, 4.69) is 20.7 Å². The van der Waals surface area contributed by atoms with Crippen LogP contribution in [0.2, 0.25) is 0 Å². The van der Waals surface area contributed by atoms with Gasteiger partial charge in [-0.1, -0.05) is 28.1 Å². The van der Waals surface area contributed by atoms with E-state index in [1.54, 1.807) is 6.92 Å².